The monoisotopic (exact) mass is 396 g/mol. The van der Waals surface area contributed by atoms with E-state index in [9.17, 15) is 4.79 Å². The van der Waals surface area contributed by atoms with Crippen LogP contribution in [-0.2, 0) is 13.1 Å². The highest BCUT2D eigenvalue weighted by Gasteiger charge is 2.14. The maximum absolute atomic E-state index is 12.3. The molecule has 2 aromatic carbocycles. The van der Waals surface area contributed by atoms with Gasteiger partial charge >= 0.3 is 6.03 Å². The smallest absolute Gasteiger partial charge is 0.315 e. The Morgan fingerprint density at radius 1 is 1.11 bits per heavy atom. The number of halogens is 1. The number of aromatic nitrogens is 2. The molecule has 0 aliphatic heterocycles. The first-order chi connectivity index (χ1) is 13.4. The fourth-order valence-electron chi connectivity index (χ4n) is 3.15. The molecule has 0 bridgehead atoms. The summed E-state index contributed by atoms with van der Waals surface area (Å²) in [6.45, 7) is 7.10. The molecule has 1 aromatic heterocycles. The second-order valence-electron chi connectivity index (χ2n) is 6.89. The zero-order valence-corrected chi connectivity index (χ0v) is 17.1. The molecule has 2 amide bonds. The minimum atomic E-state index is -0.211. The van der Waals surface area contributed by atoms with E-state index in [1.807, 2.05) is 67.9 Å². The zero-order chi connectivity index (χ0) is 20.1. The van der Waals surface area contributed by atoms with Gasteiger partial charge in [-0.25, -0.2) is 4.79 Å². The second-order valence-corrected chi connectivity index (χ2v) is 7.33. The van der Waals surface area contributed by atoms with E-state index in [4.69, 9.17) is 11.6 Å². The predicted molar refractivity (Wildman–Crippen MR) is 112 cm³/mol. The van der Waals surface area contributed by atoms with Crippen LogP contribution < -0.4 is 10.6 Å². The summed E-state index contributed by atoms with van der Waals surface area (Å²) in [4.78, 5) is 12.3. The summed E-state index contributed by atoms with van der Waals surface area (Å²) in [6.07, 6.45) is 0. The molecule has 0 saturated carbocycles. The van der Waals surface area contributed by atoms with Gasteiger partial charge in [-0.15, -0.1) is 0 Å². The van der Waals surface area contributed by atoms with Crippen molar-refractivity contribution in [2.75, 3.05) is 0 Å². The second kappa shape index (κ2) is 8.93. The molecule has 1 unspecified atom stereocenters. The van der Waals surface area contributed by atoms with E-state index in [1.54, 1.807) is 0 Å². The number of amides is 2. The number of nitrogens with one attached hydrogen (secondary N) is 2. The molecule has 0 radical (unpaired) electrons. The molecule has 3 aromatic rings. The summed E-state index contributed by atoms with van der Waals surface area (Å²) in [6, 6.07) is 17.4. The van der Waals surface area contributed by atoms with Crippen LogP contribution >= 0.6 is 11.6 Å². The molecule has 3 rings (SSSR count). The third-order valence-electron chi connectivity index (χ3n) is 4.85. The Kier molecular flexibility index (Phi) is 6.37. The molecule has 6 heteroatoms. The number of nitrogens with zero attached hydrogens (tertiary/aromatic N) is 2. The van der Waals surface area contributed by atoms with Gasteiger partial charge in [-0.1, -0.05) is 54.1 Å². The third kappa shape index (κ3) is 4.93. The molecule has 0 aliphatic carbocycles. The van der Waals surface area contributed by atoms with Gasteiger partial charge in [0.25, 0.3) is 0 Å². The van der Waals surface area contributed by atoms with E-state index in [0.717, 1.165) is 22.5 Å². The Bertz CT molecular complexity index is 935. The summed E-state index contributed by atoms with van der Waals surface area (Å²) >= 11 is 5.91. The van der Waals surface area contributed by atoms with Crippen LogP contribution in [0.5, 0.6) is 0 Å². The number of urea groups is 1. The quantitative estimate of drug-likeness (QED) is 0.631. The Morgan fingerprint density at radius 2 is 1.79 bits per heavy atom. The highest BCUT2D eigenvalue weighted by molar-refractivity contribution is 6.30. The van der Waals surface area contributed by atoms with Crippen molar-refractivity contribution in [3.8, 4) is 0 Å². The van der Waals surface area contributed by atoms with Crippen LogP contribution in [0, 0.1) is 13.8 Å². The van der Waals surface area contributed by atoms with Gasteiger partial charge in [0.15, 0.2) is 0 Å². The van der Waals surface area contributed by atoms with Crippen molar-refractivity contribution in [2.24, 2.45) is 0 Å². The van der Waals surface area contributed by atoms with Crippen molar-refractivity contribution < 1.29 is 4.79 Å². The van der Waals surface area contributed by atoms with Crippen molar-refractivity contribution in [3.63, 3.8) is 0 Å². The van der Waals surface area contributed by atoms with Gasteiger partial charge in [0.1, 0.15) is 0 Å². The van der Waals surface area contributed by atoms with Crippen molar-refractivity contribution in [2.45, 2.75) is 39.9 Å². The number of hydrogen-bond acceptors (Lipinski definition) is 2. The van der Waals surface area contributed by atoms with E-state index in [2.05, 4.69) is 27.9 Å². The topological polar surface area (TPSA) is 59.0 Å². The van der Waals surface area contributed by atoms with Gasteiger partial charge in [0.2, 0.25) is 0 Å². The molecular weight excluding hydrogens is 372 g/mol. The lowest BCUT2D eigenvalue weighted by molar-refractivity contribution is 0.237. The third-order valence-corrected chi connectivity index (χ3v) is 5.10. The minimum Gasteiger partial charge on any atom is -0.334 e. The van der Waals surface area contributed by atoms with Gasteiger partial charge in [0.05, 0.1) is 18.3 Å². The Hall–Kier alpha value is -2.79. The SMILES string of the molecule is Cc1nn(Cc2ccccc2)c(C)c1CNC(=O)NC(C)c1ccc(Cl)cc1. The number of aryl methyl sites for hydroxylation is 1. The van der Waals surface area contributed by atoms with Crippen LogP contribution in [0.4, 0.5) is 4.79 Å². The van der Waals surface area contributed by atoms with Crippen LogP contribution in [0.15, 0.2) is 54.6 Å². The summed E-state index contributed by atoms with van der Waals surface area (Å²) in [5, 5.41) is 11.2. The lowest BCUT2D eigenvalue weighted by Crippen LogP contribution is -2.36. The highest BCUT2D eigenvalue weighted by Crippen LogP contribution is 2.17. The molecular formula is C22H25ClN4O. The zero-order valence-electron chi connectivity index (χ0n) is 16.4. The Labute approximate surface area is 170 Å². The van der Waals surface area contributed by atoms with Crippen LogP contribution in [0.2, 0.25) is 5.02 Å². The number of rotatable bonds is 6. The first-order valence-electron chi connectivity index (χ1n) is 9.30. The van der Waals surface area contributed by atoms with Crippen LogP contribution in [0.3, 0.4) is 0 Å². The van der Waals surface area contributed by atoms with Gasteiger partial charge in [-0.2, -0.15) is 5.10 Å². The first-order valence-corrected chi connectivity index (χ1v) is 9.68. The van der Waals surface area contributed by atoms with Gasteiger partial charge in [0, 0.05) is 22.8 Å². The minimum absolute atomic E-state index is 0.111. The predicted octanol–water partition coefficient (Wildman–Crippen LogP) is 4.76. The molecule has 0 fully saturated rings. The molecule has 1 atom stereocenters. The lowest BCUT2D eigenvalue weighted by Gasteiger charge is -2.15. The Balaban J connectivity index is 1.59. The number of benzene rings is 2. The average Bonchev–Trinajstić information content (AvgIpc) is 2.94. The molecule has 0 spiro atoms. The molecule has 2 N–H and O–H groups in total. The average molecular weight is 397 g/mol. The van der Waals surface area contributed by atoms with E-state index < -0.39 is 0 Å². The fourth-order valence-corrected chi connectivity index (χ4v) is 3.28. The van der Waals surface area contributed by atoms with E-state index in [1.165, 1.54) is 5.56 Å². The fraction of sp³-hybridized carbons (Fsp3) is 0.273. The summed E-state index contributed by atoms with van der Waals surface area (Å²) in [5.41, 5.74) is 5.24. The Morgan fingerprint density at radius 3 is 2.46 bits per heavy atom. The van der Waals surface area contributed by atoms with Crippen LogP contribution in [0.25, 0.3) is 0 Å². The van der Waals surface area contributed by atoms with Crippen molar-refractivity contribution in [1.82, 2.24) is 20.4 Å². The van der Waals surface area contributed by atoms with E-state index >= 15 is 0 Å². The molecule has 28 heavy (non-hydrogen) atoms. The molecule has 5 nitrogen and oxygen atoms in total. The molecule has 0 aliphatic rings. The van der Waals surface area contributed by atoms with Gasteiger partial charge in [-0.05, 0) is 44.0 Å². The number of hydrogen-bond donors (Lipinski definition) is 2. The van der Waals surface area contributed by atoms with Gasteiger partial charge < -0.3 is 10.6 Å². The van der Waals surface area contributed by atoms with Crippen LogP contribution in [0.1, 0.15) is 41.0 Å². The van der Waals surface area contributed by atoms with Crippen LogP contribution in [-0.4, -0.2) is 15.8 Å². The van der Waals surface area contributed by atoms with Crippen molar-refractivity contribution in [3.05, 3.63) is 87.7 Å². The van der Waals surface area contributed by atoms with E-state index in [-0.39, 0.29) is 12.1 Å². The normalized spacial score (nSPS) is 11.9. The summed E-state index contributed by atoms with van der Waals surface area (Å²) in [7, 11) is 0. The molecule has 146 valence electrons. The highest BCUT2D eigenvalue weighted by atomic mass is 35.5. The molecule has 1 heterocycles. The maximum atomic E-state index is 12.3. The number of carbonyl (C=O) groups excluding carboxylic acids is 1. The van der Waals surface area contributed by atoms with E-state index in [0.29, 0.717) is 18.1 Å². The number of carbonyl (C=O) groups is 1. The van der Waals surface area contributed by atoms with Crippen molar-refractivity contribution >= 4 is 17.6 Å². The maximum Gasteiger partial charge on any atom is 0.315 e. The largest absolute Gasteiger partial charge is 0.334 e. The van der Waals surface area contributed by atoms with Gasteiger partial charge in [-0.3, -0.25) is 4.68 Å². The lowest BCUT2D eigenvalue weighted by atomic mass is 10.1. The standard InChI is InChI=1S/C22H25ClN4O/c1-15(19-9-11-20(23)12-10-19)25-22(28)24-13-21-16(2)26-27(17(21)3)14-18-7-5-4-6-8-18/h4-12,15H,13-14H2,1-3H3,(H2,24,25,28). The summed E-state index contributed by atoms with van der Waals surface area (Å²) < 4.78 is 1.98. The first kappa shape index (κ1) is 20.0. The van der Waals surface area contributed by atoms with Crippen molar-refractivity contribution in [1.29, 1.82) is 0 Å². The summed E-state index contributed by atoms with van der Waals surface area (Å²) in [5.74, 6) is 0. The molecule has 0 saturated heterocycles.